The monoisotopic (exact) mass is 279 g/mol. The van der Waals surface area contributed by atoms with Crippen molar-refractivity contribution in [1.29, 1.82) is 0 Å². The zero-order valence-corrected chi connectivity index (χ0v) is 12.4. The van der Waals surface area contributed by atoms with Crippen molar-refractivity contribution in [3.63, 3.8) is 0 Å². The molecule has 18 heavy (non-hydrogen) atoms. The predicted molar refractivity (Wildman–Crippen MR) is 78.7 cm³/mol. The molecule has 0 spiro atoms. The fourth-order valence-electron chi connectivity index (χ4n) is 1.45. The average molecular weight is 279 g/mol. The molecular formula is C13H17N3S2. The van der Waals surface area contributed by atoms with Gasteiger partial charge in [0.25, 0.3) is 0 Å². The third-order valence-electron chi connectivity index (χ3n) is 2.29. The molecule has 96 valence electrons. The van der Waals surface area contributed by atoms with Gasteiger partial charge in [-0.1, -0.05) is 31.7 Å². The SMILES string of the molecule is CCNc1cc(Sc2cccs2)nc(C(C)C)n1. The minimum absolute atomic E-state index is 0.339. The lowest BCUT2D eigenvalue weighted by atomic mass is 10.2. The van der Waals surface area contributed by atoms with E-state index in [0.717, 1.165) is 23.2 Å². The number of hydrogen-bond acceptors (Lipinski definition) is 5. The van der Waals surface area contributed by atoms with E-state index in [0.29, 0.717) is 5.92 Å². The van der Waals surface area contributed by atoms with Crippen molar-refractivity contribution in [3.8, 4) is 0 Å². The molecule has 3 nitrogen and oxygen atoms in total. The van der Waals surface area contributed by atoms with Gasteiger partial charge in [-0.05, 0) is 18.4 Å². The summed E-state index contributed by atoms with van der Waals surface area (Å²) in [4.78, 5) is 9.13. The molecule has 5 heteroatoms. The molecule has 0 aliphatic rings. The number of thiophene rings is 1. The van der Waals surface area contributed by atoms with Crippen molar-refractivity contribution in [3.05, 3.63) is 29.4 Å². The minimum Gasteiger partial charge on any atom is -0.370 e. The van der Waals surface area contributed by atoms with Crippen molar-refractivity contribution in [2.75, 3.05) is 11.9 Å². The highest BCUT2D eigenvalue weighted by atomic mass is 32.2. The Labute approximate surface area is 116 Å². The van der Waals surface area contributed by atoms with Gasteiger partial charge in [0.15, 0.2) is 0 Å². The summed E-state index contributed by atoms with van der Waals surface area (Å²) in [6, 6.07) is 6.18. The molecular weight excluding hydrogens is 262 g/mol. The molecule has 2 aromatic heterocycles. The molecule has 2 aromatic rings. The van der Waals surface area contributed by atoms with Gasteiger partial charge in [0.2, 0.25) is 0 Å². The van der Waals surface area contributed by atoms with Crippen LogP contribution in [-0.4, -0.2) is 16.5 Å². The van der Waals surface area contributed by atoms with Gasteiger partial charge in [-0.15, -0.1) is 11.3 Å². The van der Waals surface area contributed by atoms with Crippen LogP contribution in [0.25, 0.3) is 0 Å². The Hall–Kier alpha value is -1.07. The molecule has 0 saturated heterocycles. The molecule has 0 atom stereocenters. The fourth-order valence-corrected chi connectivity index (χ4v) is 3.18. The van der Waals surface area contributed by atoms with Crippen LogP contribution in [0.3, 0.4) is 0 Å². The summed E-state index contributed by atoms with van der Waals surface area (Å²) in [7, 11) is 0. The summed E-state index contributed by atoms with van der Waals surface area (Å²) in [6.07, 6.45) is 0. The first-order chi connectivity index (χ1) is 8.69. The second-order valence-electron chi connectivity index (χ2n) is 4.17. The quantitative estimate of drug-likeness (QED) is 0.831. The van der Waals surface area contributed by atoms with Gasteiger partial charge in [0, 0.05) is 18.5 Å². The predicted octanol–water partition coefficient (Wildman–Crippen LogP) is 4.24. The first kappa shape index (κ1) is 13.4. The van der Waals surface area contributed by atoms with Crippen LogP contribution >= 0.6 is 23.1 Å². The third kappa shape index (κ3) is 3.46. The van der Waals surface area contributed by atoms with Crippen molar-refractivity contribution in [1.82, 2.24) is 9.97 Å². The maximum absolute atomic E-state index is 4.61. The van der Waals surface area contributed by atoms with Crippen LogP contribution < -0.4 is 5.32 Å². The number of nitrogens with zero attached hydrogens (tertiary/aromatic N) is 2. The van der Waals surface area contributed by atoms with Gasteiger partial charge in [0.1, 0.15) is 16.7 Å². The van der Waals surface area contributed by atoms with Crippen molar-refractivity contribution in [2.24, 2.45) is 0 Å². The van der Waals surface area contributed by atoms with E-state index in [1.54, 1.807) is 23.1 Å². The normalized spacial score (nSPS) is 10.9. The molecule has 0 bridgehead atoms. The number of anilines is 1. The lowest BCUT2D eigenvalue weighted by Crippen LogP contribution is -2.05. The Morgan fingerprint density at radius 3 is 2.83 bits per heavy atom. The van der Waals surface area contributed by atoms with E-state index in [9.17, 15) is 0 Å². The van der Waals surface area contributed by atoms with E-state index in [4.69, 9.17) is 0 Å². The van der Waals surface area contributed by atoms with E-state index in [2.05, 4.69) is 53.6 Å². The zero-order valence-electron chi connectivity index (χ0n) is 10.8. The highest BCUT2D eigenvalue weighted by Gasteiger charge is 2.09. The Morgan fingerprint density at radius 2 is 2.22 bits per heavy atom. The van der Waals surface area contributed by atoms with Crippen LogP contribution in [0.1, 0.15) is 32.5 Å². The van der Waals surface area contributed by atoms with E-state index in [-0.39, 0.29) is 0 Å². The average Bonchev–Trinajstić information content (AvgIpc) is 2.82. The zero-order chi connectivity index (χ0) is 13.0. The Kier molecular flexibility index (Phi) is 4.60. The summed E-state index contributed by atoms with van der Waals surface area (Å²) in [5, 5.41) is 6.35. The molecule has 0 amide bonds. The first-order valence-corrected chi connectivity index (χ1v) is 7.73. The summed E-state index contributed by atoms with van der Waals surface area (Å²) in [5.41, 5.74) is 0. The number of aromatic nitrogens is 2. The molecule has 0 unspecified atom stereocenters. The minimum atomic E-state index is 0.339. The molecule has 0 saturated carbocycles. The molecule has 0 radical (unpaired) electrons. The van der Waals surface area contributed by atoms with Gasteiger partial charge < -0.3 is 5.32 Å². The van der Waals surface area contributed by atoms with Gasteiger partial charge >= 0.3 is 0 Å². The fraction of sp³-hybridized carbons (Fsp3) is 0.385. The maximum atomic E-state index is 4.61. The first-order valence-electron chi connectivity index (χ1n) is 6.03. The lowest BCUT2D eigenvalue weighted by Gasteiger charge is -2.10. The topological polar surface area (TPSA) is 37.8 Å². The molecule has 2 heterocycles. The smallest absolute Gasteiger partial charge is 0.134 e. The molecule has 0 aliphatic carbocycles. The van der Waals surface area contributed by atoms with Crippen LogP contribution in [0, 0.1) is 0 Å². The summed E-state index contributed by atoms with van der Waals surface area (Å²) in [6.45, 7) is 7.18. The number of nitrogens with one attached hydrogen (secondary N) is 1. The second kappa shape index (κ2) is 6.20. The highest BCUT2D eigenvalue weighted by Crippen LogP contribution is 2.31. The Balaban J connectivity index is 2.27. The third-order valence-corrected chi connectivity index (χ3v) is 4.25. The number of rotatable bonds is 5. The van der Waals surface area contributed by atoms with Gasteiger partial charge in [-0.2, -0.15) is 0 Å². The number of hydrogen-bond donors (Lipinski definition) is 1. The van der Waals surface area contributed by atoms with Crippen LogP contribution in [0.4, 0.5) is 5.82 Å². The second-order valence-corrected chi connectivity index (χ2v) is 6.44. The molecule has 0 aliphatic heterocycles. The molecule has 0 aromatic carbocycles. The van der Waals surface area contributed by atoms with E-state index < -0.39 is 0 Å². The van der Waals surface area contributed by atoms with Crippen molar-refractivity contribution < 1.29 is 0 Å². The van der Waals surface area contributed by atoms with Crippen LogP contribution in [0.5, 0.6) is 0 Å². The highest BCUT2D eigenvalue weighted by molar-refractivity contribution is 8.01. The van der Waals surface area contributed by atoms with Gasteiger partial charge in [-0.25, -0.2) is 9.97 Å². The summed E-state index contributed by atoms with van der Waals surface area (Å²) < 4.78 is 1.26. The summed E-state index contributed by atoms with van der Waals surface area (Å²) >= 11 is 3.43. The van der Waals surface area contributed by atoms with E-state index >= 15 is 0 Å². The van der Waals surface area contributed by atoms with Crippen molar-refractivity contribution >= 4 is 28.9 Å². The van der Waals surface area contributed by atoms with Crippen LogP contribution in [0.2, 0.25) is 0 Å². The summed E-state index contributed by atoms with van der Waals surface area (Å²) in [5.74, 6) is 2.15. The molecule has 1 N–H and O–H groups in total. The van der Waals surface area contributed by atoms with Gasteiger partial charge in [0.05, 0.1) is 4.21 Å². The Morgan fingerprint density at radius 1 is 1.39 bits per heavy atom. The van der Waals surface area contributed by atoms with Crippen LogP contribution in [-0.2, 0) is 0 Å². The largest absolute Gasteiger partial charge is 0.370 e. The lowest BCUT2D eigenvalue weighted by molar-refractivity contribution is 0.754. The van der Waals surface area contributed by atoms with E-state index in [1.807, 2.05) is 6.07 Å². The maximum Gasteiger partial charge on any atom is 0.134 e. The van der Waals surface area contributed by atoms with Gasteiger partial charge in [-0.3, -0.25) is 0 Å². The van der Waals surface area contributed by atoms with Crippen molar-refractivity contribution in [2.45, 2.75) is 35.9 Å². The Bertz CT molecular complexity index is 495. The molecule has 2 rings (SSSR count). The van der Waals surface area contributed by atoms with Crippen LogP contribution in [0.15, 0.2) is 32.8 Å². The molecule has 0 fully saturated rings. The standard InChI is InChI=1S/C13H17N3S2/c1-4-14-10-8-11(16-13(15-10)9(2)3)18-12-6-5-7-17-12/h5-9H,4H2,1-3H3,(H,14,15,16). The van der Waals surface area contributed by atoms with E-state index in [1.165, 1.54) is 4.21 Å².